The third-order valence-electron chi connectivity index (χ3n) is 3.26. The first-order valence-electron chi connectivity index (χ1n) is 6.84. The minimum atomic E-state index is -0.467. The minimum Gasteiger partial charge on any atom is -0.465 e. The van der Waals surface area contributed by atoms with Crippen LogP contribution in [0.3, 0.4) is 0 Å². The Bertz CT molecular complexity index is 413. The number of aromatic nitrogens is 2. The Morgan fingerprint density at radius 1 is 1.53 bits per heavy atom. The van der Waals surface area contributed by atoms with Crippen LogP contribution < -0.4 is 0 Å². The van der Waals surface area contributed by atoms with E-state index in [9.17, 15) is 4.79 Å². The van der Waals surface area contributed by atoms with E-state index in [1.807, 2.05) is 6.92 Å². The second kappa shape index (κ2) is 6.65. The number of esters is 1. The van der Waals surface area contributed by atoms with E-state index in [1.54, 1.807) is 6.92 Å². The second-order valence-corrected chi connectivity index (χ2v) is 4.62. The van der Waals surface area contributed by atoms with Gasteiger partial charge in [0, 0.05) is 12.5 Å². The second-order valence-electron chi connectivity index (χ2n) is 4.62. The monoisotopic (exact) mass is 268 g/mol. The number of hydrogen-bond acceptors (Lipinski definition) is 6. The van der Waals surface area contributed by atoms with Crippen molar-refractivity contribution in [2.45, 2.75) is 44.9 Å². The lowest BCUT2D eigenvalue weighted by molar-refractivity contribution is -0.145. The molecule has 1 aromatic heterocycles. The Hall–Kier alpha value is -1.43. The molecule has 2 heterocycles. The van der Waals surface area contributed by atoms with E-state index in [0.29, 0.717) is 31.3 Å². The Kier molecular flexibility index (Phi) is 4.90. The highest BCUT2D eigenvalue weighted by Gasteiger charge is 2.28. The summed E-state index contributed by atoms with van der Waals surface area (Å²) in [4.78, 5) is 16.1. The minimum absolute atomic E-state index is 0.172. The molecule has 1 aromatic rings. The number of carbonyl (C=O) groups is 1. The third-order valence-corrected chi connectivity index (χ3v) is 3.26. The van der Waals surface area contributed by atoms with Gasteiger partial charge in [-0.3, -0.25) is 4.79 Å². The molecule has 2 unspecified atom stereocenters. The summed E-state index contributed by atoms with van der Waals surface area (Å²) in [5.74, 6) is 0.385. The van der Waals surface area contributed by atoms with Crippen molar-refractivity contribution in [1.29, 1.82) is 0 Å². The SMILES string of the molecule is CCOC(=O)C(CC)c1nc(C2CCCOC2)no1. The molecule has 1 saturated heterocycles. The molecule has 0 radical (unpaired) electrons. The van der Waals surface area contributed by atoms with Crippen molar-refractivity contribution in [2.24, 2.45) is 0 Å². The van der Waals surface area contributed by atoms with Gasteiger partial charge in [0.05, 0.1) is 13.2 Å². The molecule has 19 heavy (non-hydrogen) atoms. The Labute approximate surface area is 112 Å². The molecule has 6 nitrogen and oxygen atoms in total. The Balaban J connectivity index is 2.07. The lowest BCUT2D eigenvalue weighted by atomic mass is 10.0. The molecule has 0 N–H and O–H groups in total. The van der Waals surface area contributed by atoms with Crippen molar-refractivity contribution in [3.05, 3.63) is 11.7 Å². The zero-order chi connectivity index (χ0) is 13.7. The molecule has 0 aliphatic carbocycles. The highest BCUT2D eigenvalue weighted by molar-refractivity contribution is 5.76. The van der Waals surface area contributed by atoms with Gasteiger partial charge in [0.2, 0.25) is 5.89 Å². The summed E-state index contributed by atoms with van der Waals surface area (Å²) < 4.78 is 15.6. The number of nitrogens with zero attached hydrogens (tertiary/aromatic N) is 2. The van der Waals surface area contributed by atoms with Crippen LogP contribution in [0.15, 0.2) is 4.52 Å². The van der Waals surface area contributed by atoms with Gasteiger partial charge in [-0.2, -0.15) is 4.98 Å². The maximum atomic E-state index is 11.8. The highest BCUT2D eigenvalue weighted by atomic mass is 16.5. The van der Waals surface area contributed by atoms with Gasteiger partial charge < -0.3 is 14.0 Å². The standard InChI is InChI=1S/C13H20N2O4/c1-3-10(13(16)18-4-2)12-14-11(15-19-12)9-6-5-7-17-8-9/h9-10H,3-8H2,1-2H3. The molecule has 1 fully saturated rings. The van der Waals surface area contributed by atoms with Crippen molar-refractivity contribution in [1.82, 2.24) is 10.1 Å². The van der Waals surface area contributed by atoms with E-state index in [0.717, 1.165) is 19.4 Å². The first-order chi connectivity index (χ1) is 9.26. The molecule has 0 spiro atoms. The summed E-state index contributed by atoms with van der Waals surface area (Å²) in [5.41, 5.74) is 0. The van der Waals surface area contributed by atoms with Crippen LogP contribution in [0.2, 0.25) is 0 Å². The maximum absolute atomic E-state index is 11.8. The summed E-state index contributed by atoms with van der Waals surface area (Å²) in [5, 5.41) is 3.98. The van der Waals surface area contributed by atoms with Crippen LogP contribution in [-0.2, 0) is 14.3 Å². The largest absolute Gasteiger partial charge is 0.465 e. The fraction of sp³-hybridized carbons (Fsp3) is 0.769. The molecular formula is C13H20N2O4. The van der Waals surface area contributed by atoms with Crippen molar-refractivity contribution in [3.63, 3.8) is 0 Å². The lowest BCUT2D eigenvalue weighted by Crippen LogP contribution is -2.18. The van der Waals surface area contributed by atoms with E-state index in [-0.39, 0.29) is 11.9 Å². The average Bonchev–Trinajstić information content (AvgIpc) is 2.90. The quantitative estimate of drug-likeness (QED) is 0.760. The Morgan fingerprint density at radius 3 is 3.00 bits per heavy atom. The van der Waals surface area contributed by atoms with Gasteiger partial charge in [-0.15, -0.1) is 0 Å². The van der Waals surface area contributed by atoms with E-state index >= 15 is 0 Å². The van der Waals surface area contributed by atoms with Crippen molar-refractivity contribution < 1.29 is 18.8 Å². The van der Waals surface area contributed by atoms with Gasteiger partial charge in [-0.05, 0) is 26.2 Å². The number of hydrogen-bond donors (Lipinski definition) is 0. The van der Waals surface area contributed by atoms with Gasteiger partial charge in [-0.1, -0.05) is 12.1 Å². The van der Waals surface area contributed by atoms with E-state index < -0.39 is 5.92 Å². The fourth-order valence-corrected chi connectivity index (χ4v) is 2.18. The summed E-state index contributed by atoms with van der Waals surface area (Å²) in [6, 6.07) is 0. The first-order valence-corrected chi connectivity index (χ1v) is 6.84. The van der Waals surface area contributed by atoms with Crippen LogP contribution in [0.1, 0.15) is 56.7 Å². The third kappa shape index (κ3) is 3.32. The highest BCUT2D eigenvalue weighted by Crippen LogP contribution is 2.26. The van der Waals surface area contributed by atoms with Crippen LogP contribution in [0.25, 0.3) is 0 Å². The average molecular weight is 268 g/mol. The van der Waals surface area contributed by atoms with Gasteiger partial charge in [0.1, 0.15) is 5.92 Å². The molecule has 6 heteroatoms. The molecule has 0 aromatic carbocycles. The molecule has 2 atom stereocenters. The molecule has 0 bridgehead atoms. The maximum Gasteiger partial charge on any atom is 0.318 e. The molecule has 0 saturated carbocycles. The van der Waals surface area contributed by atoms with Crippen LogP contribution in [0.4, 0.5) is 0 Å². The molecule has 1 aliphatic heterocycles. The van der Waals surface area contributed by atoms with Gasteiger partial charge in [-0.25, -0.2) is 0 Å². The van der Waals surface area contributed by atoms with Crippen LogP contribution in [-0.4, -0.2) is 35.9 Å². The lowest BCUT2D eigenvalue weighted by Gasteiger charge is -2.18. The smallest absolute Gasteiger partial charge is 0.318 e. The van der Waals surface area contributed by atoms with Crippen molar-refractivity contribution in [2.75, 3.05) is 19.8 Å². The van der Waals surface area contributed by atoms with E-state index in [1.165, 1.54) is 0 Å². The summed E-state index contributed by atoms with van der Waals surface area (Å²) >= 11 is 0. The predicted octanol–water partition coefficient (Wildman–Crippen LogP) is 2.02. The molecule has 0 amide bonds. The predicted molar refractivity (Wildman–Crippen MR) is 66.8 cm³/mol. The van der Waals surface area contributed by atoms with E-state index in [2.05, 4.69) is 10.1 Å². The van der Waals surface area contributed by atoms with Gasteiger partial charge >= 0.3 is 5.97 Å². The first kappa shape index (κ1) is 14.0. The van der Waals surface area contributed by atoms with Crippen molar-refractivity contribution >= 4 is 5.97 Å². The fourth-order valence-electron chi connectivity index (χ4n) is 2.18. The molecular weight excluding hydrogens is 248 g/mol. The van der Waals surface area contributed by atoms with Crippen LogP contribution >= 0.6 is 0 Å². The summed E-state index contributed by atoms with van der Waals surface area (Å²) in [6.07, 6.45) is 2.58. The zero-order valence-electron chi connectivity index (χ0n) is 11.4. The Morgan fingerprint density at radius 2 is 2.37 bits per heavy atom. The molecule has 106 valence electrons. The van der Waals surface area contributed by atoms with Gasteiger partial charge in [0.15, 0.2) is 5.82 Å². The van der Waals surface area contributed by atoms with Crippen LogP contribution in [0.5, 0.6) is 0 Å². The normalized spacial score (nSPS) is 21.1. The topological polar surface area (TPSA) is 74.5 Å². The number of carbonyl (C=O) groups excluding carboxylic acids is 1. The van der Waals surface area contributed by atoms with Gasteiger partial charge in [0.25, 0.3) is 0 Å². The molecule has 1 aliphatic rings. The van der Waals surface area contributed by atoms with Crippen LogP contribution in [0, 0.1) is 0 Å². The molecule has 2 rings (SSSR count). The zero-order valence-corrected chi connectivity index (χ0v) is 11.4. The van der Waals surface area contributed by atoms with Crippen molar-refractivity contribution in [3.8, 4) is 0 Å². The summed E-state index contributed by atoms with van der Waals surface area (Å²) in [6.45, 7) is 5.45. The van der Waals surface area contributed by atoms with E-state index in [4.69, 9.17) is 14.0 Å². The number of ether oxygens (including phenoxy) is 2. The summed E-state index contributed by atoms with van der Waals surface area (Å²) in [7, 11) is 0. The number of rotatable bonds is 5.